The SMILES string of the molecule is CN1CCN(C2=NC3C(C(=O)NC(=O)N3C)N2CC(O)COc2ccc(Cl)cc2Cl)CC1. The molecular formula is C20H26Cl2N6O4. The normalized spacial score (nSPS) is 24.9. The molecule has 3 atom stereocenters. The van der Waals surface area contributed by atoms with Gasteiger partial charge in [-0.3, -0.25) is 10.1 Å². The zero-order chi connectivity index (χ0) is 23.0. The summed E-state index contributed by atoms with van der Waals surface area (Å²) in [5.41, 5.74) is 0. The molecule has 0 saturated carbocycles. The summed E-state index contributed by atoms with van der Waals surface area (Å²) in [4.78, 5) is 37.0. The van der Waals surface area contributed by atoms with Gasteiger partial charge in [0, 0.05) is 38.2 Å². The van der Waals surface area contributed by atoms with E-state index in [0.717, 1.165) is 26.2 Å². The number of guanidine groups is 1. The number of likely N-dealkylation sites (N-methyl/N-ethyl adjacent to an activating group) is 2. The summed E-state index contributed by atoms with van der Waals surface area (Å²) in [5, 5.41) is 13.9. The van der Waals surface area contributed by atoms with Crippen LogP contribution >= 0.6 is 23.2 Å². The van der Waals surface area contributed by atoms with Gasteiger partial charge in [-0.15, -0.1) is 0 Å². The Labute approximate surface area is 196 Å². The summed E-state index contributed by atoms with van der Waals surface area (Å²) in [6, 6.07) is 3.64. The predicted molar refractivity (Wildman–Crippen MR) is 120 cm³/mol. The Morgan fingerprint density at radius 1 is 1.22 bits per heavy atom. The number of nitrogens with one attached hydrogen (secondary N) is 1. The molecule has 3 aliphatic heterocycles. The van der Waals surface area contributed by atoms with Gasteiger partial charge in [-0.05, 0) is 25.2 Å². The van der Waals surface area contributed by atoms with Gasteiger partial charge in [0.15, 0.2) is 18.2 Å². The Kier molecular flexibility index (Phi) is 6.66. The average molecular weight is 485 g/mol. The van der Waals surface area contributed by atoms with E-state index < -0.39 is 30.2 Å². The molecule has 32 heavy (non-hydrogen) atoms. The third-order valence-corrected chi connectivity index (χ3v) is 6.39. The number of urea groups is 1. The van der Waals surface area contributed by atoms with Crippen molar-refractivity contribution in [2.75, 3.05) is 53.4 Å². The number of fused-ring (bicyclic) bond motifs is 1. The van der Waals surface area contributed by atoms with Crippen LogP contribution in [0.1, 0.15) is 0 Å². The smallest absolute Gasteiger partial charge is 0.325 e. The third-order valence-electron chi connectivity index (χ3n) is 5.86. The zero-order valence-electron chi connectivity index (χ0n) is 17.9. The van der Waals surface area contributed by atoms with Crippen LogP contribution in [0.15, 0.2) is 23.2 Å². The molecule has 2 saturated heterocycles. The standard InChI is InChI=1S/C20H26Cl2N6O4/c1-25-5-7-27(8-6-25)19-23-17-16(18(30)24-20(31)26(17)2)28(19)10-13(29)11-32-15-4-3-12(21)9-14(15)22/h3-4,9,13,16-17,29H,5-8,10-11H2,1-2H3,(H,24,30,31). The van der Waals surface area contributed by atoms with Crippen LogP contribution in [0.3, 0.4) is 0 Å². The fourth-order valence-corrected chi connectivity index (χ4v) is 4.50. The maximum Gasteiger partial charge on any atom is 0.325 e. The summed E-state index contributed by atoms with van der Waals surface area (Å²) < 4.78 is 5.67. The van der Waals surface area contributed by atoms with Gasteiger partial charge in [0.25, 0.3) is 5.91 Å². The minimum Gasteiger partial charge on any atom is -0.489 e. The van der Waals surface area contributed by atoms with E-state index in [9.17, 15) is 14.7 Å². The average Bonchev–Trinajstić information content (AvgIpc) is 3.12. The molecule has 3 amide bonds. The van der Waals surface area contributed by atoms with Crippen LogP contribution in [0.25, 0.3) is 0 Å². The predicted octanol–water partition coefficient (Wildman–Crippen LogP) is 0.528. The number of piperazine rings is 1. The van der Waals surface area contributed by atoms with Crippen LogP contribution in [0.4, 0.5) is 4.79 Å². The van der Waals surface area contributed by atoms with Crippen molar-refractivity contribution in [1.29, 1.82) is 0 Å². The number of carbonyl (C=O) groups excluding carboxylic acids is 2. The summed E-state index contributed by atoms with van der Waals surface area (Å²) in [7, 11) is 3.66. The number of halogens is 2. The highest BCUT2D eigenvalue weighted by Gasteiger charge is 2.50. The molecule has 1 aromatic rings. The van der Waals surface area contributed by atoms with E-state index in [4.69, 9.17) is 32.9 Å². The first kappa shape index (κ1) is 22.9. The molecular weight excluding hydrogens is 459 g/mol. The van der Waals surface area contributed by atoms with E-state index in [1.54, 1.807) is 30.1 Å². The number of aliphatic hydroxyl groups excluding tert-OH is 1. The van der Waals surface area contributed by atoms with Crippen molar-refractivity contribution in [3.8, 4) is 5.75 Å². The van der Waals surface area contributed by atoms with Gasteiger partial charge in [-0.2, -0.15) is 0 Å². The van der Waals surface area contributed by atoms with Crippen LogP contribution in [-0.2, 0) is 4.79 Å². The van der Waals surface area contributed by atoms with Gasteiger partial charge < -0.3 is 29.4 Å². The number of rotatable bonds is 5. The summed E-state index contributed by atoms with van der Waals surface area (Å²) in [5.74, 6) is 0.580. The van der Waals surface area contributed by atoms with E-state index in [0.29, 0.717) is 21.8 Å². The molecule has 2 N–H and O–H groups in total. The first-order chi connectivity index (χ1) is 15.2. The fourth-order valence-electron chi connectivity index (χ4n) is 4.03. The Hall–Kier alpha value is -2.27. The molecule has 10 nitrogen and oxygen atoms in total. The number of benzene rings is 1. The third kappa shape index (κ3) is 4.59. The highest BCUT2D eigenvalue weighted by molar-refractivity contribution is 6.35. The Morgan fingerprint density at radius 3 is 2.62 bits per heavy atom. The van der Waals surface area contributed by atoms with Gasteiger partial charge in [0.05, 0.1) is 11.6 Å². The van der Waals surface area contributed by atoms with E-state index in [-0.39, 0.29) is 13.2 Å². The van der Waals surface area contributed by atoms with E-state index in [1.165, 1.54) is 4.90 Å². The quantitative estimate of drug-likeness (QED) is 0.628. The topological polar surface area (TPSA) is 101 Å². The van der Waals surface area contributed by atoms with Crippen LogP contribution in [0.2, 0.25) is 10.0 Å². The van der Waals surface area contributed by atoms with E-state index >= 15 is 0 Å². The van der Waals surface area contributed by atoms with E-state index in [2.05, 4.69) is 15.1 Å². The molecule has 0 aromatic heterocycles. The van der Waals surface area contributed by atoms with Crippen molar-refractivity contribution in [3.63, 3.8) is 0 Å². The van der Waals surface area contributed by atoms with Crippen molar-refractivity contribution in [3.05, 3.63) is 28.2 Å². The minimum atomic E-state index is -0.936. The maximum absolute atomic E-state index is 12.7. The second-order valence-corrected chi connectivity index (χ2v) is 9.02. The fraction of sp³-hybridized carbons (Fsp3) is 0.550. The molecule has 3 heterocycles. The number of β-amino-alcohol motifs (C(OH)–C–C–N with tert-alkyl or cyclic N) is 1. The number of aliphatic imine (C=N–C) groups is 1. The molecule has 0 bridgehead atoms. The number of hydrogen-bond donors (Lipinski definition) is 2. The molecule has 0 aliphatic carbocycles. The van der Waals surface area contributed by atoms with Gasteiger partial charge in [0.2, 0.25) is 0 Å². The van der Waals surface area contributed by atoms with Crippen molar-refractivity contribution in [1.82, 2.24) is 24.9 Å². The number of ether oxygens (including phenoxy) is 1. The molecule has 12 heteroatoms. The highest BCUT2D eigenvalue weighted by atomic mass is 35.5. The van der Waals surface area contributed by atoms with Crippen molar-refractivity contribution in [2.24, 2.45) is 4.99 Å². The first-order valence-electron chi connectivity index (χ1n) is 10.4. The lowest BCUT2D eigenvalue weighted by Crippen LogP contribution is -2.65. The molecule has 3 unspecified atom stereocenters. The maximum atomic E-state index is 12.7. The lowest BCUT2D eigenvalue weighted by atomic mass is 10.1. The summed E-state index contributed by atoms with van der Waals surface area (Å²) in [6.07, 6.45) is -1.58. The van der Waals surface area contributed by atoms with Gasteiger partial charge in [0.1, 0.15) is 18.5 Å². The Balaban J connectivity index is 1.50. The van der Waals surface area contributed by atoms with Gasteiger partial charge in [-0.1, -0.05) is 23.2 Å². The first-order valence-corrected chi connectivity index (χ1v) is 11.1. The molecule has 0 radical (unpaired) electrons. The number of aliphatic hydroxyl groups is 1. The second-order valence-electron chi connectivity index (χ2n) is 8.18. The molecule has 2 fully saturated rings. The largest absolute Gasteiger partial charge is 0.489 e. The lowest BCUT2D eigenvalue weighted by Gasteiger charge is -2.40. The van der Waals surface area contributed by atoms with E-state index in [1.807, 2.05) is 7.05 Å². The molecule has 3 aliphatic rings. The Bertz CT molecular complexity index is 923. The van der Waals surface area contributed by atoms with Crippen LogP contribution < -0.4 is 10.1 Å². The molecule has 0 spiro atoms. The number of nitrogens with zero attached hydrogens (tertiary/aromatic N) is 5. The van der Waals surface area contributed by atoms with Gasteiger partial charge >= 0.3 is 6.03 Å². The van der Waals surface area contributed by atoms with Crippen molar-refractivity contribution < 1.29 is 19.4 Å². The van der Waals surface area contributed by atoms with Gasteiger partial charge in [-0.25, -0.2) is 9.79 Å². The summed E-state index contributed by atoms with van der Waals surface area (Å²) >= 11 is 12.0. The van der Waals surface area contributed by atoms with Crippen LogP contribution in [0, 0.1) is 0 Å². The number of hydrogen-bond acceptors (Lipinski definition) is 8. The van der Waals surface area contributed by atoms with Crippen LogP contribution in [-0.4, -0.2) is 114 Å². The monoisotopic (exact) mass is 484 g/mol. The summed E-state index contributed by atoms with van der Waals surface area (Å²) in [6.45, 7) is 3.23. The molecule has 4 rings (SSSR count). The van der Waals surface area contributed by atoms with Crippen molar-refractivity contribution >= 4 is 41.1 Å². The van der Waals surface area contributed by atoms with Crippen LogP contribution in [0.5, 0.6) is 5.75 Å². The number of amides is 3. The second kappa shape index (κ2) is 9.30. The number of carbonyl (C=O) groups is 2. The Morgan fingerprint density at radius 2 is 1.94 bits per heavy atom. The molecule has 1 aromatic carbocycles. The minimum absolute atomic E-state index is 0.0400. The lowest BCUT2D eigenvalue weighted by molar-refractivity contribution is -0.127. The molecule has 174 valence electrons. The van der Waals surface area contributed by atoms with Crippen molar-refractivity contribution in [2.45, 2.75) is 18.3 Å². The zero-order valence-corrected chi connectivity index (χ0v) is 19.4. The number of imide groups is 1. The highest BCUT2D eigenvalue weighted by Crippen LogP contribution is 2.29.